The lowest BCUT2D eigenvalue weighted by Gasteiger charge is -2.35. The number of rotatable bonds is 3. The molecule has 1 aliphatic heterocycles. The van der Waals surface area contributed by atoms with Crippen molar-refractivity contribution < 1.29 is 4.79 Å². The van der Waals surface area contributed by atoms with E-state index in [2.05, 4.69) is 33.1 Å². The Morgan fingerprint density at radius 3 is 2.78 bits per heavy atom. The summed E-state index contributed by atoms with van der Waals surface area (Å²) in [5, 5.41) is 11.5. The Hall–Kier alpha value is -2.70. The molecule has 0 aliphatic carbocycles. The van der Waals surface area contributed by atoms with Crippen molar-refractivity contribution in [2.75, 3.05) is 6.54 Å². The van der Waals surface area contributed by atoms with Crippen molar-refractivity contribution in [1.29, 1.82) is 0 Å². The summed E-state index contributed by atoms with van der Waals surface area (Å²) < 4.78 is 0. The summed E-state index contributed by atoms with van der Waals surface area (Å²) in [6.07, 6.45) is 0.903. The number of hydrogen-bond acceptors (Lipinski definition) is 4. The maximum atomic E-state index is 13.3. The topological polar surface area (TPSA) is 49.0 Å². The predicted molar refractivity (Wildman–Crippen MR) is 109 cm³/mol. The van der Waals surface area contributed by atoms with Crippen LogP contribution in [0, 0.1) is 0 Å². The molecule has 1 unspecified atom stereocenters. The van der Waals surface area contributed by atoms with Crippen LogP contribution in [0.25, 0.3) is 11.3 Å². The Bertz CT molecular complexity index is 1070. The van der Waals surface area contributed by atoms with Crippen molar-refractivity contribution in [3.63, 3.8) is 0 Å². The van der Waals surface area contributed by atoms with Crippen LogP contribution in [0.2, 0.25) is 0 Å². The Kier molecular flexibility index (Phi) is 4.14. The Morgan fingerprint density at radius 1 is 1.07 bits per heavy atom. The molecule has 0 bridgehead atoms. The summed E-state index contributed by atoms with van der Waals surface area (Å²) >= 11 is 3.48. The Labute approximate surface area is 165 Å². The van der Waals surface area contributed by atoms with Gasteiger partial charge in [-0.2, -0.15) is 5.10 Å². The summed E-state index contributed by atoms with van der Waals surface area (Å²) in [5.74, 6) is -0.0000638. The largest absolute Gasteiger partial charge is 0.325 e. The van der Waals surface area contributed by atoms with Gasteiger partial charge >= 0.3 is 0 Å². The highest BCUT2D eigenvalue weighted by Gasteiger charge is 2.34. The number of H-pyrrole nitrogens is 1. The molecule has 4 heterocycles. The molecule has 0 radical (unpaired) electrons. The lowest BCUT2D eigenvalue weighted by atomic mass is 9.98. The van der Waals surface area contributed by atoms with Crippen LogP contribution in [0.1, 0.15) is 31.8 Å². The van der Waals surface area contributed by atoms with Crippen molar-refractivity contribution >= 4 is 28.6 Å². The van der Waals surface area contributed by atoms with Gasteiger partial charge in [0.05, 0.1) is 11.7 Å². The first-order chi connectivity index (χ1) is 13.3. The third-order valence-corrected chi connectivity index (χ3v) is 6.84. The summed E-state index contributed by atoms with van der Waals surface area (Å²) in [7, 11) is 0. The second-order valence-corrected chi connectivity index (χ2v) is 8.48. The lowest BCUT2D eigenvalue weighted by Crippen LogP contribution is -2.39. The monoisotopic (exact) mass is 391 g/mol. The van der Waals surface area contributed by atoms with E-state index < -0.39 is 0 Å². The van der Waals surface area contributed by atoms with E-state index in [-0.39, 0.29) is 11.9 Å². The molecule has 6 heteroatoms. The second-order valence-electron chi connectivity index (χ2n) is 6.50. The second kappa shape index (κ2) is 6.79. The molecule has 4 aromatic rings. The van der Waals surface area contributed by atoms with E-state index in [4.69, 9.17) is 0 Å². The molecule has 27 heavy (non-hydrogen) atoms. The van der Waals surface area contributed by atoms with Gasteiger partial charge in [-0.25, -0.2) is 0 Å². The van der Waals surface area contributed by atoms with E-state index in [1.54, 1.807) is 22.7 Å². The van der Waals surface area contributed by atoms with Gasteiger partial charge in [-0.1, -0.05) is 36.4 Å². The van der Waals surface area contributed by atoms with Crippen LogP contribution < -0.4 is 0 Å². The summed E-state index contributed by atoms with van der Waals surface area (Å²) in [4.78, 5) is 17.9. The van der Waals surface area contributed by atoms with Crippen molar-refractivity contribution in [1.82, 2.24) is 15.1 Å². The number of fused-ring (bicyclic) bond motifs is 1. The van der Waals surface area contributed by atoms with Crippen LogP contribution in [0.4, 0.5) is 0 Å². The summed E-state index contributed by atoms with van der Waals surface area (Å²) in [5.41, 5.74) is 3.58. The van der Waals surface area contributed by atoms with Crippen molar-refractivity contribution in [2.24, 2.45) is 0 Å². The minimum absolute atomic E-state index is 0.0000638. The lowest BCUT2D eigenvalue weighted by molar-refractivity contribution is 0.0692. The molecule has 1 N–H and O–H groups in total. The normalized spacial score (nSPS) is 16.3. The first-order valence-corrected chi connectivity index (χ1v) is 10.6. The van der Waals surface area contributed by atoms with Gasteiger partial charge in [0, 0.05) is 21.9 Å². The van der Waals surface area contributed by atoms with Gasteiger partial charge in [-0.15, -0.1) is 22.7 Å². The minimum atomic E-state index is -0.0176. The smallest absolute Gasteiger partial charge is 0.272 e. The molecule has 1 aliphatic rings. The number of nitrogens with zero attached hydrogens (tertiary/aromatic N) is 2. The molecule has 1 amide bonds. The molecule has 0 saturated heterocycles. The number of carbonyl (C=O) groups is 1. The van der Waals surface area contributed by atoms with Gasteiger partial charge in [-0.3, -0.25) is 9.89 Å². The molecule has 4 nitrogen and oxygen atoms in total. The van der Waals surface area contributed by atoms with Crippen molar-refractivity contribution in [3.8, 4) is 11.3 Å². The fraction of sp³-hybridized carbons (Fsp3) is 0.143. The van der Waals surface area contributed by atoms with Gasteiger partial charge in [0.15, 0.2) is 0 Å². The third kappa shape index (κ3) is 2.91. The number of amides is 1. The number of carbonyl (C=O) groups excluding carboxylic acids is 1. The minimum Gasteiger partial charge on any atom is -0.325 e. The van der Waals surface area contributed by atoms with E-state index >= 15 is 0 Å². The third-order valence-electron chi connectivity index (χ3n) is 4.92. The Balaban J connectivity index is 1.50. The molecule has 0 spiro atoms. The van der Waals surface area contributed by atoms with Crippen LogP contribution in [-0.2, 0) is 6.42 Å². The average Bonchev–Trinajstić information content (AvgIpc) is 3.48. The fourth-order valence-corrected chi connectivity index (χ4v) is 5.39. The quantitative estimate of drug-likeness (QED) is 0.535. The van der Waals surface area contributed by atoms with E-state index in [1.807, 2.05) is 47.4 Å². The van der Waals surface area contributed by atoms with Crippen molar-refractivity contribution in [3.05, 3.63) is 86.4 Å². The summed E-state index contributed by atoms with van der Waals surface area (Å²) in [6.45, 7) is 0.717. The highest BCUT2D eigenvalue weighted by molar-refractivity contribution is 7.10. The summed E-state index contributed by atoms with van der Waals surface area (Å²) in [6, 6.07) is 18.1. The molecule has 5 rings (SSSR count). The average molecular weight is 392 g/mol. The molecule has 134 valence electrons. The van der Waals surface area contributed by atoms with Crippen LogP contribution in [0.15, 0.2) is 65.4 Å². The number of thiophene rings is 2. The molecule has 1 atom stereocenters. The van der Waals surface area contributed by atoms with Crippen molar-refractivity contribution in [2.45, 2.75) is 12.5 Å². The van der Waals surface area contributed by atoms with Gasteiger partial charge < -0.3 is 4.90 Å². The molecular weight excluding hydrogens is 374 g/mol. The predicted octanol–water partition coefficient (Wildman–Crippen LogP) is 4.99. The Morgan fingerprint density at radius 2 is 1.96 bits per heavy atom. The number of aromatic nitrogens is 2. The zero-order valence-electron chi connectivity index (χ0n) is 14.5. The molecule has 1 aromatic carbocycles. The number of aromatic amines is 1. The van der Waals surface area contributed by atoms with Crippen LogP contribution in [0.5, 0.6) is 0 Å². The maximum absolute atomic E-state index is 13.3. The molecule has 0 fully saturated rings. The zero-order valence-corrected chi connectivity index (χ0v) is 16.1. The number of hydrogen-bond donors (Lipinski definition) is 1. The zero-order chi connectivity index (χ0) is 18.2. The van der Waals surface area contributed by atoms with Gasteiger partial charge in [-0.05, 0) is 40.9 Å². The van der Waals surface area contributed by atoms with Crippen LogP contribution in [-0.4, -0.2) is 27.5 Å². The van der Waals surface area contributed by atoms with E-state index in [9.17, 15) is 4.79 Å². The fourth-order valence-electron chi connectivity index (χ4n) is 3.63. The number of nitrogens with one attached hydrogen (secondary N) is 1. The van der Waals surface area contributed by atoms with E-state index in [0.29, 0.717) is 12.2 Å². The van der Waals surface area contributed by atoms with Gasteiger partial charge in [0.1, 0.15) is 5.69 Å². The van der Waals surface area contributed by atoms with Crippen LogP contribution in [0.3, 0.4) is 0 Å². The first kappa shape index (κ1) is 16.5. The highest BCUT2D eigenvalue weighted by atomic mass is 32.1. The standard InChI is InChI=1S/C21H17N3OS2/c25-21(17-13-16(22-23-17)14-5-2-1-3-6-14)24-10-8-18-15(9-12-27-18)20(24)19-7-4-11-26-19/h1-7,9,11-13,20H,8,10H2,(H,22,23). The molecular formula is C21H17N3OS2. The van der Waals surface area contributed by atoms with E-state index in [1.165, 1.54) is 15.3 Å². The SMILES string of the molecule is O=C(c1cc(-c2ccccc2)n[nH]1)N1CCc2sccc2C1c1cccs1. The molecule has 0 saturated carbocycles. The van der Waals surface area contributed by atoms with Crippen LogP contribution >= 0.6 is 22.7 Å². The van der Waals surface area contributed by atoms with E-state index in [0.717, 1.165) is 17.7 Å². The highest BCUT2D eigenvalue weighted by Crippen LogP contribution is 2.40. The first-order valence-electron chi connectivity index (χ1n) is 8.83. The molecule has 3 aromatic heterocycles. The van der Waals surface area contributed by atoms with Gasteiger partial charge in [0.25, 0.3) is 5.91 Å². The van der Waals surface area contributed by atoms with Gasteiger partial charge in [0.2, 0.25) is 0 Å². The maximum Gasteiger partial charge on any atom is 0.272 e. The number of benzene rings is 1.